The van der Waals surface area contributed by atoms with Crippen LogP contribution in [0.4, 0.5) is 5.82 Å². The number of hydrogen-bond acceptors (Lipinski definition) is 4. The van der Waals surface area contributed by atoms with Crippen LogP contribution in [0, 0.1) is 11.3 Å². The monoisotopic (exact) mass is 266 g/mol. The number of hydrogen-bond donors (Lipinski definition) is 0. The Morgan fingerprint density at radius 1 is 1.28 bits per heavy atom. The molecule has 0 N–H and O–H groups in total. The van der Waals surface area contributed by atoms with E-state index in [2.05, 4.69) is 27.8 Å². The van der Waals surface area contributed by atoms with Gasteiger partial charge in [-0.25, -0.2) is 4.98 Å². The fourth-order valence-corrected chi connectivity index (χ4v) is 1.85. The van der Waals surface area contributed by atoms with Crippen molar-refractivity contribution in [1.29, 1.82) is 5.26 Å². The summed E-state index contributed by atoms with van der Waals surface area (Å²) in [5, 5.41) is 9.32. The van der Waals surface area contributed by atoms with Gasteiger partial charge in [0.25, 0.3) is 0 Å². The Labute approximate surface area is 114 Å². The van der Waals surface area contributed by atoms with Crippen LogP contribution in [-0.2, 0) is 0 Å². The van der Waals surface area contributed by atoms with Gasteiger partial charge < -0.3 is 9.80 Å². The van der Waals surface area contributed by atoms with Gasteiger partial charge in [-0.15, -0.1) is 0 Å². The number of anilines is 1. The average molecular weight is 267 g/mol. The number of rotatable bonds is 6. The van der Waals surface area contributed by atoms with Crippen LogP contribution >= 0.6 is 11.6 Å². The first-order chi connectivity index (χ1) is 8.56. The van der Waals surface area contributed by atoms with Crippen molar-refractivity contribution in [3.8, 4) is 6.07 Å². The predicted octanol–water partition coefficient (Wildman–Crippen LogP) is 2.38. The van der Waals surface area contributed by atoms with Crippen LogP contribution in [0.2, 0.25) is 5.15 Å². The Balaban J connectivity index is 2.90. The van der Waals surface area contributed by atoms with Crippen LogP contribution in [0.3, 0.4) is 0 Å². The normalized spacial score (nSPS) is 10.4. The predicted molar refractivity (Wildman–Crippen MR) is 75.0 cm³/mol. The fourth-order valence-electron chi connectivity index (χ4n) is 1.64. The highest BCUT2D eigenvalue weighted by Crippen LogP contribution is 2.18. The zero-order valence-corrected chi connectivity index (χ0v) is 11.9. The Morgan fingerprint density at radius 3 is 2.56 bits per heavy atom. The average Bonchev–Trinajstić information content (AvgIpc) is 2.33. The minimum absolute atomic E-state index is 0.370. The molecular weight excluding hydrogens is 248 g/mol. The lowest BCUT2D eigenvalue weighted by Crippen LogP contribution is -2.33. The highest BCUT2D eigenvalue weighted by Gasteiger charge is 2.09. The second kappa shape index (κ2) is 7.20. The van der Waals surface area contributed by atoms with Gasteiger partial charge in [-0.2, -0.15) is 5.26 Å². The van der Waals surface area contributed by atoms with Crippen molar-refractivity contribution in [1.82, 2.24) is 9.88 Å². The summed E-state index contributed by atoms with van der Waals surface area (Å²) in [6.07, 6.45) is 1.03. The van der Waals surface area contributed by atoms with E-state index in [0.717, 1.165) is 31.9 Å². The molecule has 5 heteroatoms. The minimum Gasteiger partial charge on any atom is -0.355 e. The van der Waals surface area contributed by atoms with Crippen molar-refractivity contribution in [2.24, 2.45) is 0 Å². The van der Waals surface area contributed by atoms with E-state index >= 15 is 0 Å². The van der Waals surface area contributed by atoms with Gasteiger partial charge >= 0.3 is 0 Å². The van der Waals surface area contributed by atoms with Crippen LogP contribution < -0.4 is 4.90 Å². The van der Waals surface area contributed by atoms with Gasteiger partial charge in [-0.05, 0) is 32.6 Å². The Kier molecular flexibility index (Phi) is 5.90. The number of halogens is 1. The van der Waals surface area contributed by atoms with Crippen LogP contribution in [-0.4, -0.2) is 43.6 Å². The number of likely N-dealkylation sites (N-methyl/N-ethyl adjacent to an activating group) is 1. The van der Waals surface area contributed by atoms with E-state index in [1.54, 1.807) is 12.1 Å². The summed E-state index contributed by atoms with van der Waals surface area (Å²) in [6.45, 7) is 4.85. The summed E-state index contributed by atoms with van der Waals surface area (Å²) in [5.41, 5.74) is 0.552. The molecule has 1 aromatic rings. The standard InChI is InChI=1S/C13H19ClN4/c1-4-5-18(7-6-17(2)3)13-9-11(10-15)8-12(14)16-13/h8-9H,4-7H2,1-3H3. The smallest absolute Gasteiger partial charge is 0.132 e. The molecule has 0 aliphatic carbocycles. The first kappa shape index (κ1) is 14.7. The molecule has 98 valence electrons. The summed E-state index contributed by atoms with van der Waals surface area (Å²) in [4.78, 5) is 8.58. The van der Waals surface area contributed by atoms with E-state index in [9.17, 15) is 0 Å². The molecule has 1 aromatic heterocycles. The SMILES string of the molecule is CCCN(CCN(C)C)c1cc(C#N)cc(Cl)n1. The molecule has 18 heavy (non-hydrogen) atoms. The van der Waals surface area contributed by atoms with Gasteiger partial charge in [0.05, 0.1) is 11.6 Å². The summed E-state index contributed by atoms with van der Waals surface area (Å²) in [5.74, 6) is 0.780. The maximum absolute atomic E-state index is 8.95. The van der Waals surface area contributed by atoms with Gasteiger partial charge in [-0.3, -0.25) is 0 Å². The number of aromatic nitrogens is 1. The lowest BCUT2D eigenvalue weighted by molar-refractivity contribution is 0.412. The summed E-state index contributed by atoms with van der Waals surface area (Å²) in [7, 11) is 4.08. The van der Waals surface area contributed by atoms with E-state index < -0.39 is 0 Å². The maximum Gasteiger partial charge on any atom is 0.132 e. The van der Waals surface area contributed by atoms with E-state index in [4.69, 9.17) is 16.9 Å². The van der Waals surface area contributed by atoms with E-state index in [0.29, 0.717) is 10.7 Å². The molecule has 0 bridgehead atoms. The zero-order valence-electron chi connectivity index (χ0n) is 11.1. The molecule has 0 aliphatic rings. The molecule has 0 unspecified atom stereocenters. The van der Waals surface area contributed by atoms with Crippen molar-refractivity contribution in [2.45, 2.75) is 13.3 Å². The van der Waals surface area contributed by atoms with Crippen molar-refractivity contribution >= 4 is 17.4 Å². The number of nitriles is 1. The first-order valence-corrected chi connectivity index (χ1v) is 6.42. The third kappa shape index (κ3) is 4.52. The van der Waals surface area contributed by atoms with Gasteiger partial charge in [0.15, 0.2) is 0 Å². The van der Waals surface area contributed by atoms with Crippen molar-refractivity contribution in [3.63, 3.8) is 0 Å². The van der Waals surface area contributed by atoms with Gasteiger partial charge in [-0.1, -0.05) is 18.5 Å². The zero-order chi connectivity index (χ0) is 13.5. The molecule has 0 atom stereocenters. The lowest BCUT2D eigenvalue weighted by atomic mass is 10.2. The molecular formula is C13H19ClN4. The molecule has 0 radical (unpaired) electrons. The van der Waals surface area contributed by atoms with Crippen LogP contribution in [0.1, 0.15) is 18.9 Å². The Bertz CT molecular complexity index is 425. The molecule has 0 aliphatic heterocycles. The summed E-state index contributed by atoms with van der Waals surface area (Å²) >= 11 is 5.94. The summed E-state index contributed by atoms with van der Waals surface area (Å²) < 4.78 is 0. The van der Waals surface area contributed by atoms with Crippen LogP contribution in [0.15, 0.2) is 12.1 Å². The van der Waals surface area contributed by atoms with E-state index in [-0.39, 0.29) is 0 Å². The third-order valence-corrected chi connectivity index (χ3v) is 2.74. The highest BCUT2D eigenvalue weighted by atomic mass is 35.5. The quantitative estimate of drug-likeness (QED) is 0.742. The lowest BCUT2D eigenvalue weighted by Gasteiger charge is -2.25. The maximum atomic E-state index is 8.95. The van der Waals surface area contributed by atoms with E-state index in [1.165, 1.54) is 0 Å². The second-order valence-corrected chi connectivity index (χ2v) is 4.83. The molecule has 0 spiro atoms. The largest absolute Gasteiger partial charge is 0.355 e. The number of nitrogens with zero attached hydrogens (tertiary/aromatic N) is 4. The Hall–Kier alpha value is -1.31. The van der Waals surface area contributed by atoms with Crippen LogP contribution in [0.25, 0.3) is 0 Å². The van der Waals surface area contributed by atoms with Gasteiger partial charge in [0.1, 0.15) is 11.0 Å². The molecule has 0 fully saturated rings. The third-order valence-electron chi connectivity index (χ3n) is 2.54. The van der Waals surface area contributed by atoms with Crippen LogP contribution in [0.5, 0.6) is 0 Å². The van der Waals surface area contributed by atoms with Crippen molar-refractivity contribution in [3.05, 3.63) is 22.8 Å². The molecule has 0 aromatic carbocycles. The first-order valence-electron chi connectivity index (χ1n) is 6.04. The second-order valence-electron chi connectivity index (χ2n) is 4.44. The van der Waals surface area contributed by atoms with E-state index in [1.807, 2.05) is 14.1 Å². The molecule has 4 nitrogen and oxygen atoms in total. The molecule has 1 heterocycles. The van der Waals surface area contributed by atoms with Crippen molar-refractivity contribution in [2.75, 3.05) is 38.6 Å². The topological polar surface area (TPSA) is 43.2 Å². The Morgan fingerprint density at radius 2 is 2.00 bits per heavy atom. The fraction of sp³-hybridized carbons (Fsp3) is 0.538. The van der Waals surface area contributed by atoms with Gasteiger partial charge in [0, 0.05) is 19.6 Å². The highest BCUT2D eigenvalue weighted by molar-refractivity contribution is 6.29. The van der Waals surface area contributed by atoms with Gasteiger partial charge in [0.2, 0.25) is 0 Å². The molecule has 0 saturated heterocycles. The summed E-state index contributed by atoms with van der Waals surface area (Å²) in [6, 6.07) is 5.48. The molecule has 0 saturated carbocycles. The van der Waals surface area contributed by atoms with Crippen molar-refractivity contribution < 1.29 is 0 Å². The molecule has 0 amide bonds. The number of pyridine rings is 1. The minimum atomic E-state index is 0.370. The molecule has 1 rings (SSSR count).